The highest BCUT2D eigenvalue weighted by Gasteiger charge is 2.20. The van der Waals surface area contributed by atoms with Crippen molar-refractivity contribution < 1.29 is 27.6 Å². The first kappa shape index (κ1) is 19.4. The van der Waals surface area contributed by atoms with E-state index in [1.807, 2.05) is 6.07 Å². The Hall–Kier alpha value is -2.91. The van der Waals surface area contributed by atoms with E-state index in [1.54, 1.807) is 6.07 Å². The van der Waals surface area contributed by atoms with Crippen molar-refractivity contribution in [2.24, 2.45) is 0 Å². The summed E-state index contributed by atoms with van der Waals surface area (Å²) >= 11 is 0. The zero-order valence-corrected chi connectivity index (χ0v) is 15.5. The highest BCUT2D eigenvalue weighted by molar-refractivity contribution is 5.97. The van der Waals surface area contributed by atoms with Crippen molar-refractivity contribution in [2.75, 3.05) is 19.7 Å². The van der Waals surface area contributed by atoms with E-state index in [2.05, 4.69) is 15.0 Å². The molecule has 1 fully saturated rings. The summed E-state index contributed by atoms with van der Waals surface area (Å²) in [6.45, 7) is 1.97. The lowest BCUT2D eigenvalue weighted by Gasteiger charge is -2.11. The van der Waals surface area contributed by atoms with Crippen LogP contribution in [0.4, 0.5) is 8.78 Å². The van der Waals surface area contributed by atoms with E-state index in [4.69, 9.17) is 14.0 Å². The molecule has 2 aromatic heterocycles. The second-order valence-corrected chi connectivity index (χ2v) is 6.94. The predicted octanol–water partition coefficient (Wildman–Crippen LogP) is 2.97. The van der Waals surface area contributed by atoms with Crippen molar-refractivity contribution >= 4 is 5.78 Å². The molecular formula is C20H19F2N3O4. The van der Waals surface area contributed by atoms with E-state index in [1.165, 1.54) is 12.8 Å². The molecule has 0 atom stereocenters. The fraction of sp³-hybridized carbons (Fsp3) is 0.350. The molecule has 1 saturated heterocycles. The number of halogens is 2. The van der Waals surface area contributed by atoms with Crippen LogP contribution >= 0.6 is 0 Å². The van der Waals surface area contributed by atoms with Gasteiger partial charge in [0.25, 0.3) is 5.89 Å². The van der Waals surface area contributed by atoms with Gasteiger partial charge in [-0.15, -0.1) is 0 Å². The normalized spacial score (nSPS) is 14.6. The van der Waals surface area contributed by atoms with Gasteiger partial charge in [-0.25, -0.2) is 8.78 Å². The summed E-state index contributed by atoms with van der Waals surface area (Å²) in [5.41, 5.74) is -0.526. The van der Waals surface area contributed by atoms with Crippen molar-refractivity contribution in [3.8, 4) is 11.7 Å². The summed E-state index contributed by atoms with van der Waals surface area (Å²) in [7, 11) is 0. The van der Waals surface area contributed by atoms with E-state index >= 15 is 0 Å². The third kappa shape index (κ3) is 4.25. The van der Waals surface area contributed by atoms with E-state index in [9.17, 15) is 13.6 Å². The second-order valence-electron chi connectivity index (χ2n) is 6.94. The molecule has 4 rings (SSSR count). The van der Waals surface area contributed by atoms with Gasteiger partial charge in [0.15, 0.2) is 17.4 Å². The number of hydrogen-bond donors (Lipinski definition) is 1. The average Bonchev–Trinajstić information content (AvgIpc) is 3.46. The van der Waals surface area contributed by atoms with Crippen molar-refractivity contribution in [2.45, 2.75) is 25.8 Å². The Balaban J connectivity index is 1.48. The lowest BCUT2D eigenvalue weighted by molar-refractivity contribution is 0.0902. The summed E-state index contributed by atoms with van der Waals surface area (Å²) in [5, 5.41) is 12.6. The molecule has 0 amide bonds. The Morgan fingerprint density at radius 2 is 1.90 bits per heavy atom. The van der Waals surface area contributed by atoms with Crippen LogP contribution in [-0.4, -0.2) is 45.6 Å². The molecule has 152 valence electrons. The molecule has 3 heterocycles. The van der Waals surface area contributed by atoms with Crippen LogP contribution in [0.15, 0.2) is 33.2 Å². The highest BCUT2D eigenvalue weighted by atomic mass is 19.1. The molecule has 7 nitrogen and oxygen atoms in total. The SMILES string of the molecule is O=C(CO)c1cc(F)c(Cc2noc(-c3ccc(CN4CCCC4)o3)n2)c(F)c1. The van der Waals surface area contributed by atoms with Crippen LogP contribution < -0.4 is 0 Å². The Bertz CT molecular complexity index is 1000. The Morgan fingerprint density at radius 3 is 2.59 bits per heavy atom. The minimum absolute atomic E-state index is 0.0801. The first-order valence-electron chi connectivity index (χ1n) is 9.29. The van der Waals surface area contributed by atoms with Gasteiger partial charge in [0.1, 0.15) is 24.0 Å². The molecule has 1 aliphatic rings. The minimum atomic E-state index is -0.918. The first-order valence-corrected chi connectivity index (χ1v) is 9.29. The van der Waals surface area contributed by atoms with E-state index in [0.717, 1.165) is 31.0 Å². The summed E-state index contributed by atoms with van der Waals surface area (Å²) in [5.74, 6) is -1.22. The Labute approximate surface area is 164 Å². The molecule has 3 aromatic rings. The second kappa shape index (κ2) is 8.22. The largest absolute Gasteiger partial charge is 0.455 e. The number of hydrogen-bond acceptors (Lipinski definition) is 7. The molecule has 1 aliphatic heterocycles. The number of nitrogens with zero attached hydrogens (tertiary/aromatic N) is 3. The molecule has 0 saturated carbocycles. The zero-order valence-electron chi connectivity index (χ0n) is 15.5. The topological polar surface area (TPSA) is 92.6 Å². The summed E-state index contributed by atoms with van der Waals surface area (Å²) in [6, 6.07) is 5.33. The van der Waals surface area contributed by atoms with Crippen LogP contribution in [0.2, 0.25) is 0 Å². The van der Waals surface area contributed by atoms with Crippen molar-refractivity contribution in [1.82, 2.24) is 15.0 Å². The minimum Gasteiger partial charge on any atom is -0.455 e. The quantitative estimate of drug-likeness (QED) is 0.606. The molecule has 0 aliphatic carbocycles. The number of likely N-dealkylation sites (tertiary alicyclic amines) is 1. The molecular weight excluding hydrogens is 384 g/mol. The number of ketones is 1. The zero-order chi connectivity index (χ0) is 20.4. The molecule has 9 heteroatoms. The fourth-order valence-electron chi connectivity index (χ4n) is 3.35. The van der Waals surface area contributed by atoms with Gasteiger partial charge < -0.3 is 14.0 Å². The predicted molar refractivity (Wildman–Crippen MR) is 97.1 cm³/mol. The van der Waals surface area contributed by atoms with Gasteiger partial charge in [-0.2, -0.15) is 4.98 Å². The third-order valence-electron chi connectivity index (χ3n) is 4.86. The van der Waals surface area contributed by atoms with E-state index in [-0.39, 0.29) is 29.3 Å². The van der Waals surface area contributed by atoms with Gasteiger partial charge in [0.05, 0.1) is 6.54 Å². The Kier molecular flexibility index (Phi) is 5.50. The van der Waals surface area contributed by atoms with Gasteiger partial charge in [0.2, 0.25) is 0 Å². The maximum absolute atomic E-state index is 14.2. The lowest BCUT2D eigenvalue weighted by atomic mass is 10.0. The number of aromatic nitrogens is 2. The van der Waals surface area contributed by atoms with Gasteiger partial charge in [0, 0.05) is 17.5 Å². The molecule has 0 bridgehead atoms. The van der Waals surface area contributed by atoms with E-state index < -0.39 is 24.0 Å². The Morgan fingerprint density at radius 1 is 1.17 bits per heavy atom. The van der Waals surface area contributed by atoms with E-state index in [0.29, 0.717) is 12.3 Å². The standard InChI is InChI=1S/C20H19F2N3O4/c21-15-7-12(17(27)11-26)8-16(22)14(15)9-19-23-20(29-24-19)18-4-3-13(28-18)10-25-5-1-2-6-25/h3-4,7-8,26H,1-2,5-6,9-11H2. The third-order valence-corrected chi connectivity index (χ3v) is 4.86. The molecule has 0 unspecified atom stereocenters. The first-order chi connectivity index (χ1) is 14.0. The molecule has 1 N–H and O–H groups in total. The number of carbonyl (C=O) groups is 1. The average molecular weight is 403 g/mol. The number of Topliss-reactive ketones (excluding diaryl/α,β-unsaturated/α-hetero) is 1. The maximum atomic E-state index is 14.2. The van der Waals surface area contributed by atoms with Crippen molar-refractivity contribution in [3.63, 3.8) is 0 Å². The number of furan rings is 1. The molecule has 0 radical (unpaired) electrons. The smallest absolute Gasteiger partial charge is 0.293 e. The molecule has 29 heavy (non-hydrogen) atoms. The summed E-state index contributed by atoms with van der Waals surface area (Å²) in [4.78, 5) is 17.9. The number of carbonyl (C=O) groups excluding carboxylic acids is 1. The number of aliphatic hydroxyl groups is 1. The highest BCUT2D eigenvalue weighted by Crippen LogP contribution is 2.24. The monoisotopic (exact) mass is 403 g/mol. The van der Waals surface area contributed by atoms with Crippen molar-refractivity contribution in [3.05, 3.63) is 58.6 Å². The number of aliphatic hydroxyl groups excluding tert-OH is 1. The van der Waals surface area contributed by atoms with Gasteiger partial charge in [-0.1, -0.05) is 5.16 Å². The molecule has 1 aromatic carbocycles. The van der Waals surface area contributed by atoms with Crippen LogP contribution in [-0.2, 0) is 13.0 Å². The van der Waals surface area contributed by atoms with Crippen molar-refractivity contribution in [1.29, 1.82) is 0 Å². The summed E-state index contributed by atoms with van der Waals surface area (Å²) in [6.07, 6.45) is 2.11. The fourth-order valence-corrected chi connectivity index (χ4v) is 3.35. The molecule has 0 spiro atoms. The lowest BCUT2D eigenvalue weighted by Crippen LogP contribution is -2.17. The van der Waals surface area contributed by atoms with Crippen LogP contribution in [0.1, 0.15) is 40.3 Å². The van der Waals surface area contributed by atoms with Crippen LogP contribution in [0, 0.1) is 11.6 Å². The summed E-state index contributed by atoms with van der Waals surface area (Å²) < 4.78 is 39.4. The maximum Gasteiger partial charge on any atom is 0.293 e. The number of benzene rings is 1. The van der Waals surface area contributed by atoms with Gasteiger partial charge in [-0.05, 0) is 50.2 Å². The van der Waals surface area contributed by atoms with Crippen LogP contribution in [0.25, 0.3) is 11.7 Å². The van der Waals surface area contributed by atoms with Gasteiger partial charge >= 0.3 is 0 Å². The number of rotatable bonds is 7. The van der Waals surface area contributed by atoms with Crippen LogP contribution in [0.3, 0.4) is 0 Å². The van der Waals surface area contributed by atoms with Gasteiger partial charge in [-0.3, -0.25) is 9.69 Å². The van der Waals surface area contributed by atoms with Crippen LogP contribution in [0.5, 0.6) is 0 Å².